The highest BCUT2D eigenvalue weighted by molar-refractivity contribution is 5.33. The number of hydrogen-bond acceptors (Lipinski definition) is 5. The Kier molecular flexibility index (Phi) is 5.50. The topological polar surface area (TPSA) is 87.2 Å². The van der Waals surface area contributed by atoms with Gasteiger partial charge in [-0.05, 0) is 6.92 Å². The van der Waals surface area contributed by atoms with E-state index in [1.165, 1.54) is 6.07 Å². The smallest absolute Gasteiger partial charge is 0.252 e. The number of aromatic amines is 1. The second-order valence-corrected chi connectivity index (χ2v) is 5.26. The molecule has 0 spiro atoms. The minimum atomic E-state index is -0.904. The number of nitrogens with one attached hydrogen (secondary N) is 2. The molecule has 0 radical (unpaired) electrons. The number of H-pyrrole nitrogens is 1. The van der Waals surface area contributed by atoms with Crippen LogP contribution in [0.15, 0.2) is 10.9 Å². The lowest BCUT2D eigenvalue weighted by Crippen LogP contribution is -2.35. The number of anilines is 1. The summed E-state index contributed by atoms with van der Waals surface area (Å²) in [4.78, 5) is 18.5. The molecule has 0 aliphatic heterocycles. The summed E-state index contributed by atoms with van der Waals surface area (Å²) < 4.78 is 4.94. The fourth-order valence-electron chi connectivity index (χ4n) is 1.53. The molecule has 1 aromatic rings. The van der Waals surface area contributed by atoms with Crippen LogP contribution in [0.25, 0.3) is 0 Å². The Hall–Kier alpha value is -1.40. The van der Waals surface area contributed by atoms with Crippen molar-refractivity contribution in [3.8, 4) is 0 Å². The zero-order chi connectivity index (χ0) is 14.5. The predicted molar refractivity (Wildman–Crippen MR) is 74.6 cm³/mol. The largest absolute Gasteiger partial charge is 0.388 e. The van der Waals surface area contributed by atoms with Crippen molar-refractivity contribution in [3.05, 3.63) is 22.2 Å². The van der Waals surface area contributed by atoms with E-state index < -0.39 is 5.60 Å². The van der Waals surface area contributed by atoms with Crippen molar-refractivity contribution >= 4 is 5.82 Å². The third kappa shape index (κ3) is 5.40. The number of rotatable bonds is 7. The van der Waals surface area contributed by atoms with Crippen LogP contribution in [-0.2, 0) is 4.74 Å². The Labute approximate surface area is 113 Å². The maximum Gasteiger partial charge on any atom is 0.252 e. The van der Waals surface area contributed by atoms with Gasteiger partial charge in [-0.2, -0.15) is 0 Å². The van der Waals surface area contributed by atoms with Crippen LogP contribution >= 0.6 is 0 Å². The van der Waals surface area contributed by atoms with Gasteiger partial charge in [-0.3, -0.25) is 4.79 Å². The van der Waals surface area contributed by atoms with Crippen LogP contribution in [0.3, 0.4) is 0 Å². The van der Waals surface area contributed by atoms with Crippen LogP contribution in [0, 0.1) is 0 Å². The molecule has 1 heterocycles. The molecule has 0 amide bonds. The van der Waals surface area contributed by atoms with Crippen LogP contribution in [-0.4, -0.2) is 40.9 Å². The standard InChI is InChI=1S/C13H23N3O3/c1-9(2)12-15-10(7-11(17)16-12)14-8-13(3,18)5-6-19-4/h7,9,18H,5-6,8H2,1-4H3,(H2,14,15,16,17). The molecule has 1 rings (SSSR count). The van der Waals surface area contributed by atoms with Crippen molar-refractivity contribution in [2.45, 2.75) is 38.7 Å². The molecule has 1 unspecified atom stereocenters. The molecule has 0 fully saturated rings. The highest BCUT2D eigenvalue weighted by Crippen LogP contribution is 2.12. The third-order valence-electron chi connectivity index (χ3n) is 2.80. The van der Waals surface area contributed by atoms with Gasteiger partial charge in [-0.15, -0.1) is 0 Å². The van der Waals surface area contributed by atoms with E-state index >= 15 is 0 Å². The van der Waals surface area contributed by atoms with Gasteiger partial charge in [-0.1, -0.05) is 13.8 Å². The molecular weight excluding hydrogens is 246 g/mol. The monoisotopic (exact) mass is 269 g/mol. The number of aliphatic hydroxyl groups is 1. The van der Waals surface area contributed by atoms with E-state index in [1.54, 1.807) is 14.0 Å². The quantitative estimate of drug-likeness (QED) is 0.690. The first-order valence-corrected chi connectivity index (χ1v) is 6.40. The van der Waals surface area contributed by atoms with Crippen molar-refractivity contribution < 1.29 is 9.84 Å². The van der Waals surface area contributed by atoms with Gasteiger partial charge in [-0.25, -0.2) is 4.98 Å². The first-order chi connectivity index (χ1) is 8.84. The first kappa shape index (κ1) is 15.7. The van der Waals surface area contributed by atoms with Crippen molar-refractivity contribution in [2.24, 2.45) is 0 Å². The second-order valence-electron chi connectivity index (χ2n) is 5.26. The minimum Gasteiger partial charge on any atom is -0.388 e. The van der Waals surface area contributed by atoms with Gasteiger partial charge in [0.25, 0.3) is 5.56 Å². The number of methoxy groups -OCH3 is 1. The summed E-state index contributed by atoms with van der Waals surface area (Å²) in [7, 11) is 1.59. The molecular formula is C13H23N3O3. The molecule has 0 aliphatic rings. The summed E-state index contributed by atoms with van der Waals surface area (Å²) in [5.74, 6) is 1.25. The van der Waals surface area contributed by atoms with Crippen LogP contribution < -0.4 is 10.9 Å². The predicted octanol–water partition coefficient (Wildman–Crippen LogP) is 1.09. The molecule has 0 aliphatic carbocycles. The number of aromatic nitrogens is 2. The molecule has 1 atom stereocenters. The molecule has 0 bridgehead atoms. The van der Waals surface area contributed by atoms with Gasteiger partial charge < -0.3 is 20.1 Å². The fraction of sp³-hybridized carbons (Fsp3) is 0.692. The summed E-state index contributed by atoms with van der Waals surface area (Å²) in [6, 6.07) is 1.39. The van der Waals surface area contributed by atoms with Gasteiger partial charge >= 0.3 is 0 Å². The molecule has 0 saturated carbocycles. The summed E-state index contributed by atoms with van der Waals surface area (Å²) >= 11 is 0. The number of hydrogen-bond donors (Lipinski definition) is 3. The molecule has 6 nitrogen and oxygen atoms in total. The fourth-order valence-corrected chi connectivity index (χ4v) is 1.53. The Morgan fingerprint density at radius 1 is 1.58 bits per heavy atom. The van der Waals surface area contributed by atoms with E-state index in [-0.39, 0.29) is 11.5 Å². The zero-order valence-electron chi connectivity index (χ0n) is 12.0. The molecule has 3 N–H and O–H groups in total. The summed E-state index contributed by atoms with van der Waals surface area (Å²) in [6.07, 6.45) is 0.511. The van der Waals surface area contributed by atoms with Crippen molar-refractivity contribution in [1.82, 2.24) is 9.97 Å². The summed E-state index contributed by atoms with van der Waals surface area (Å²) in [6.45, 7) is 6.42. The Morgan fingerprint density at radius 2 is 2.26 bits per heavy atom. The van der Waals surface area contributed by atoms with Crippen LogP contribution in [0.1, 0.15) is 38.9 Å². The Balaban J connectivity index is 2.69. The third-order valence-corrected chi connectivity index (χ3v) is 2.80. The van der Waals surface area contributed by atoms with E-state index in [9.17, 15) is 9.90 Å². The van der Waals surface area contributed by atoms with Gasteiger partial charge in [0.2, 0.25) is 0 Å². The number of ether oxygens (including phenoxy) is 1. The van der Waals surface area contributed by atoms with E-state index in [4.69, 9.17) is 4.74 Å². The number of nitrogens with zero attached hydrogens (tertiary/aromatic N) is 1. The molecule has 0 saturated heterocycles. The lowest BCUT2D eigenvalue weighted by Gasteiger charge is -2.23. The van der Waals surface area contributed by atoms with E-state index in [0.29, 0.717) is 31.2 Å². The Bertz CT molecular complexity index is 455. The molecule has 0 aromatic carbocycles. The van der Waals surface area contributed by atoms with Crippen LogP contribution in [0.4, 0.5) is 5.82 Å². The minimum absolute atomic E-state index is 0.142. The van der Waals surface area contributed by atoms with Gasteiger partial charge in [0.1, 0.15) is 11.6 Å². The van der Waals surface area contributed by atoms with Crippen molar-refractivity contribution in [3.63, 3.8) is 0 Å². The van der Waals surface area contributed by atoms with E-state index in [2.05, 4.69) is 15.3 Å². The SMILES string of the molecule is COCCC(C)(O)CNc1cc(=O)[nH]c(C(C)C)n1. The molecule has 1 aromatic heterocycles. The van der Waals surface area contributed by atoms with Gasteiger partial charge in [0.15, 0.2) is 0 Å². The molecule has 19 heavy (non-hydrogen) atoms. The molecule has 6 heteroatoms. The van der Waals surface area contributed by atoms with Gasteiger partial charge in [0.05, 0.1) is 5.60 Å². The maximum absolute atomic E-state index is 11.5. The maximum atomic E-state index is 11.5. The summed E-state index contributed by atoms with van der Waals surface area (Å²) in [5, 5.41) is 13.1. The van der Waals surface area contributed by atoms with Crippen LogP contribution in [0.5, 0.6) is 0 Å². The second kappa shape index (κ2) is 6.68. The van der Waals surface area contributed by atoms with E-state index in [0.717, 1.165) is 0 Å². The normalized spacial score (nSPS) is 14.4. The van der Waals surface area contributed by atoms with Crippen molar-refractivity contribution in [2.75, 3.05) is 25.6 Å². The average molecular weight is 269 g/mol. The van der Waals surface area contributed by atoms with Gasteiger partial charge in [0, 0.05) is 38.7 Å². The highest BCUT2D eigenvalue weighted by atomic mass is 16.5. The van der Waals surface area contributed by atoms with Crippen molar-refractivity contribution in [1.29, 1.82) is 0 Å². The lowest BCUT2D eigenvalue weighted by molar-refractivity contribution is 0.0357. The lowest BCUT2D eigenvalue weighted by atomic mass is 10.0. The molecule has 108 valence electrons. The van der Waals surface area contributed by atoms with Crippen LogP contribution in [0.2, 0.25) is 0 Å². The summed E-state index contributed by atoms with van der Waals surface area (Å²) in [5.41, 5.74) is -1.10. The van der Waals surface area contributed by atoms with E-state index in [1.807, 2.05) is 13.8 Å². The first-order valence-electron chi connectivity index (χ1n) is 6.40. The Morgan fingerprint density at radius 3 is 2.84 bits per heavy atom. The highest BCUT2D eigenvalue weighted by Gasteiger charge is 2.20. The zero-order valence-corrected chi connectivity index (χ0v) is 12.0. The average Bonchev–Trinajstić information content (AvgIpc) is 2.33.